The number of rotatable bonds is 2. The number of aryl methyl sites for hydroxylation is 1. The van der Waals surface area contributed by atoms with Gasteiger partial charge in [0.25, 0.3) is 0 Å². The molecule has 102 valence electrons. The molecule has 2 N–H and O–H groups in total. The number of nitrogens with zero attached hydrogens (tertiary/aromatic N) is 2. The van der Waals surface area contributed by atoms with Gasteiger partial charge in [-0.25, -0.2) is 4.98 Å². The SMILES string of the molecule is CC1CCC(N)(Cc2nc3ccccc3n2C)CC1. The van der Waals surface area contributed by atoms with Crippen LogP contribution in [0.3, 0.4) is 0 Å². The van der Waals surface area contributed by atoms with Crippen molar-refractivity contribution in [1.29, 1.82) is 0 Å². The number of aromatic nitrogens is 2. The van der Waals surface area contributed by atoms with E-state index in [1.807, 2.05) is 6.07 Å². The van der Waals surface area contributed by atoms with E-state index < -0.39 is 0 Å². The summed E-state index contributed by atoms with van der Waals surface area (Å²) in [5.41, 5.74) is 8.81. The number of fused-ring (bicyclic) bond motifs is 1. The Hall–Kier alpha value is -1.35. The molecule has 0 amide bonds. The summed E-state index contributed by atoms with van der Waals surface area (Å²) in [6, 6.07) is 8.30. The summed E-state index contributed by atoms with van der Waals surface area (Å²) in [5, 5.41) is 0. The van der Waals surface area contributed by atoms with Crippen LogP contribution >= 0.6 is 0 Å². The smallest absolute Gasteiger partial charge is 0.111 e. The number of hydrogen-bond donors (Lipinski definition) is 1. The molecule has 1 aliphatic carbocycles. The third-order valence-electron chi connectivity index (χ3n) is 4.66. The zero-order valence-corrected chi connectivity index (χ0v) is 11.9. The Morgan fingerprint density at radius 3 is 2.68 bits per heavy atom. The predicted octanol–water partition coefficient (Wildman–Crippen LogP) is 3.02. The van der Waals surface area contributed by atoms with Crippen molar-refractivity contribution in [3.63, 3.8) is 0 Å². The van der Waals surface area contributed by atoms with Crippen LogP contribution in [0.5, 0.6) is 0 Å². The second-order valence-electron chi connectivity index (χ2n) is 6.30. The van der Waals surface area contributed by atoms with E-state index in [1.54, 1.807) is 0 Å². The Morgan fingerprint density at radius 1 is 1.32 bits per heavy atom. The van der Waals surface area contributed by atoms with Gasteiger partial charge in [-0.15, -0.1) is 0 Å². The zero-order valence-electron chi connectivity index (χ0n) is 11.9. The van der Waals surface area contributed by atoms with E-state index in [4.69, 9.17) is 10.7 Å². The Kier molecular flexibility index (Phi) is 3.09. The third-order valence-corrected chi connectivity index (χ3v) is 4.66. The average molecular weight is 257 g/mol. The fraction of sp³-hybridized carbons (Fsp3) is 0.562. The van der Waals surface area contributed by atoms with Crippen molar-refractivity contribution in [2.45, 2.75) is 44.6 Å². The molecule has 1 fully saturated rings. The number of imidazole rings is 1. The Morgan fingerprint density at radius 2 is 2.00 bits per heavy atom. The molecule has 0 unspecified atom stereocenters. The molecule has 1 aromatic heterocycles. The van der Waals surface area contributed by atoms with E-state index in [0.717, 1.165) is 36.5 Å². The molecule has 1 aromatic carbocycles. The number of nitrogens with two attached hydrogens (primary N) is 1. The van der Waals surface area contributed by atoms with Crippen LogP contribution in [-0.2, 0) is 13.5 Å². The first kappa shape index (κ1) is 12.7. The monoisotopic (exact) mass is 257 g/mol. The molecule has 19 heavy (non-hydrogen) atoms. The number of benzene rings is 1. The van der Waals surface area contributed by atoms with Gasteiger partial charge in [0.2, 0.25) is 0 Å². The van der Waals surface area contributed by atoms with Gasteiger partial charge in [0, 0.05) is 19.0 Å². The summed E-state index contributed by atoms with van der Waals surface area (Å²) >= 11 is 0. The van der Waals surface area contributed by atoms with Crippen LogP contribution in [0.1, 0.15) is 38.4 Å². The van der Waals surface area contributed by atoms with Gasteiger partial charge in [0.05, 0.1) is 11.0 Å². The molecule has 0 aliphatic heterocycles. The maximum Gasteiger partial charge on any atom is 0.111 e. The van der Waals surface area contributed by atoms with Gasteiger partial charge in [-0.3, -0.25) is 0 Å². The van der Waals surface area contributed by atoms with Gasteiger partial charge < -0.3 is 10.3 Å². The molecule has 0 atom stereocenters. The summed E-state index contributed by atoms with van der Waals surface area (Å²) in [6.07, 6.45) is 5.64. The molecular weight excluding hydrogens is 234 g/mol. The minimum atomic E-state index is -0.0539. The highest BCUT2D eigenvalue weighted by Crippen LogP contribution is 2.32. The van der Waals surface area contributed by atoms with E-state index in [1.165, 1.54) is 18.4 Å². The second kappa shape index (κ2) is 4.64. The van der Waals surface area contributed by atoms with Gasteiger partial charge in [-0.05, 0) is 43.7 Å². The molecule has 3 rings (SSSR count). The first-order valence-electron chi connectivity index (χ1n) is 7.27. The van der Waals surface area contributed by atoms with Crippen molar-refractivity contribution in [1.82, 2.24) is 9.55 Å². The standard InChI is InChI=1S/C16H23N3/c1-12-7-9-16(17,10-8-12)11-15-18-13-5-3-4-6-14(13)19(15)2/h3-6,12H,7-11,17H2,1-2H3. The van der Waals surface area contributed by atoms with Crippen molar-refractivity contribution in [3.8, 4) is 0 Å². The van der Waals surface area contributed by atoms with Gasteiger partial charge in [0.1, 0.15) is 5.82 Å². The van der Waals surface area contributed by atoms with Crippen LogP contribution in [0.25, 0.3) is 11.0 Å². The first-order valence-corrected chi connectivity index (χ1v) is 7.27. The van der Waals surface area contributed by atoms with E-state index in [0.29, 0.717) is 0 Å². The lowest BCUT2D eigenvalue weighted by atomic mass is 9.76. The predicted molar refractivity (Wildman–Crippen MR) is 79.0 cm³/mol. The van der Waals surface area contributed by atoms with Crippen molar-refractivity contribution in [2.24, 2.45) is 18.7 Å². The van der Waals surface area contributed by atoms with Crippen molar-refractivity contribution in [2.75, 3.05) is 0 Å². The van der Waals surface area contributed by atoms with Crippen LogP contribution in [0.2, 0.25) is 0 Å². The molecule has 0 bridgehead atoms. The summed E-state index contributed by atoms with van der Waals surface area (Å²) in [4.78, 5) is 4.75. The molecule has 0 radical (unpaired) electrons. The van der Waals surface area contributed by atoms with Gasteiger partial charge in [-0.1, -0.05) is 19.1 Å². The fourth-order valence-corrected chi connectivity index (χ4v) is 3.18. The quantitative estimate of drug-likeness (QED) is 0.898. The molecule has 0 saturated heterocycles. The number of hydrogen-bond acceptors (Lipinski definition) is 2. The molecule has 3 nitrogen and oxygen atoms in total. The summed E-state index contributed by atoms with van der Waals surface area (Å²) in [5.74, 6) is 1.95. The van der Waals surface area contributed by atoms with Crippen LogP contribution < -0.4 is 5.73 Å². The number of para-hydroxylation sites is 2. The third kappa shape index (κ3) is 2.39. The van der Waals surface area contributed by atoms with E-state index >= 15 is 0 Å². The van der Waals surface area contributed by atoms with E-state index in [9.17, 15) is 0 Å². The van der Waals surface area contributed by atoms with Crippen LogP contribution in [0.15, 0.2) is 24.3 Å². The summed E-state index contributed by atoms with van der Waals surface area (Å²) in [7, 11) is 2.10. The van der Waals surface area contributed by atoms with Gasteiger partial charge >= 0.3 is 0 Å². The molecule has 2 aromatic rings. The van der Waals surface area contributed by atoms with Crippen molar-refractivity contribution < 1.29 is 0 Å². The normalized spacial score (nSPS) is 27.8. The molecule has 3 heteroatoms. The average Bonchev–Trinajstić information content (AvgIpc) is 2.71. The van der Waals surface area contributed by atoms with E-state index in [2.05, 4.69) is 36.7 Å². The fourth-order valence-electron chi connectivity index (χ4n) is 3.18. The minimum Gasteiger partial charge on any atom is -0.331 e. The maximum absolute atomic E-state index is 6.59. The van der Waals surface area contributed by atoms with Gasteiger partial charge in [-0.2, -0.15) is 0 Å². The summed E-state index contributed by atoms with van der Waals surface area (Å²) in [6.45, 7) is 2.33. The first-order chi connectivity index (χ1) is 9.07. The molecule has 1 saturated carbocycles. The summed E-state index contributed by atoms with van der Waals surface area (Å²) < 4.78 is 2.20. The van der Waals surface area contributed by atoms with Crippen LogP contribution in [-0.4, -0.2) is 15.1 Å². The lowest BCUT2D eigenvalue weighted by Crippen LogP contribution is -2.45. The van der Waals surface area contributed by atoms with Crippen LogP contribution in [0, 0.1) is 5.92 Å². The van der Waals surface area contributed by atoms with Crippen molar-refractivity contribution >= 4 is 11.0 Å². The molecule has 0 spiro atoms. The lowest BCUT2D eigenvalue weighted by Gasteiger charge is -2.35. The molecule has 1 aliphatic rings. The maximum atomic E-state index is 6.59. The minimum absolute atomic E-state index is 0.0539. The molecule has 1 heterocycles. The second-order valence-corrected chi connectivity index (χ2v) is 6.30. The highest BCUT2D eigenvalue weighted by Gasteiger charge is 2.31. The van der Waals surface area contributed by atoms with Crippen LogP contribution in [0.4, 0.5) is 0 Å². The Labute approximate surface area is 114 Å². The van der Waals surface area contributed by atoms with Crippen molar-refractivity contribution in [3.05, 3.63) is 30.1 Å². The Balaban J connectivity index is 1.87. The topological polar surface area (TPSA) is 43.8 Å². The molecular formula is C16H23N3. The van der Waals surface area contributed by atoms with Gasteiger partial charge in [0.15, 0.2) is 0 Å². The largest absolute Gasteiger partial charge is 0.331 e. The highest BCUT2D eigenvalue weighted by atomic mass is 15.1. The zero-order chi connectivity index (χ0) is 13.5. The van der Waals surface area contributed by atoms with E-state index in [-0.39, 0.29) is 5.54 Å². The lowest BCUT2D eigenvalue weighted by molar-refractivity contribution is 0.239. The Bertz CT molecular complexity index is 577. The highest BCUT2D eigenvalue weighted by molar-refractivity contribution is 5.75.